The van der Waals surface area contributed by atoms with Crippen LogP contribution < -0.4 is 5.32 Å². The van der Waals surface area contributed by atoms with Gasteiger partial charge in [0.1, 0.15) is 0 Å². The highest BCUT2D eigenvalue weighted by Crippen LogP contribution is 2.17. The van der Waals surface area contributed by atoms with Crippen LogP contribution in [0.3, 0.4) is 0 Å². The minimum Gasteiger partial charge on any atom is -0.481 e. The number of carbonyl (C=O) groups is 2. The molecule has 1 atom stereocenters. The maximum Gasteiger partial charge on any atom is 0.317 e. The Labute approximate surface area is 121 Å². The third-order valence-corrected chi connectivity index (χ3v) is 3.99. The van der Waals surface area contributed by atoms with Crippen LogP contribution in [0.25, 0.3) is 0 Å². The van der Waals surface area contributed by atoms with Crippen LogP contribution in [0.2, 0.25) is 0 Å². The molecule has 1 aliphatic rings. The summed E-state index contributed by atoms with van der Waals surface area (Å²) in [6.07, 6.45) is 6.98. The lowest BCUT2D eigenvalue weighted by Crippen LogP contribution is -2.47. The molecule has 20 heavy (non-hydrogen) atoms. The van der Waals surface area contributed by atoms with Crippen molar-refractivity contribution in [3.8, 4) is 0 Å². The molecule has 5 nitrogen and oxygen atoms in total. The Bertz CT molecular complexity index is 312. The zero-order valence-corrected chi connectivity index (χ0v) is 12.7. The van der Waals surface area contributed by atoms with Gasteiger partial charge in [-0.3, -0.25) is 4.79 Å². The maximum absolute atomic E-state index is 12.0. The average molecular weight is 284 g/mol. The van der Waals surface area contributed by atoms with Crippen LogP contribution in [0, 0.1) is 5.92 Å². The number of carbonyl (C=O) groups excluding carboxylic acids is 1. The lowest BCUT2D eigenvalue weighted by molar-refractivity contribution is -0.143. The van der Waals surface area contributed by atoms with Gasteiger partial charge in [-0.2, -0.15) is 0 Å². The average Bonchev–Trinajstić information content (AvgIpc) is 2.43. The van der Waals surface area contributed by atoms with Crippen molar-refractivity contribution in [2.75, 3.05) is 13.1 Å². The van der Waals surface area contributed by atoms with E-state index in [1.165, 1.54) is 19.3 Å². The fourth-order valence-corrected chi connectivity index (χ4v) is 2.58. The van der Waals surface area contributed by atoms with E-state index in [2.05, 4.69) is 12.2 Å². The highest BCUT2D eigenvalue weighted by atomic mass is 16.4. The van der Waals surface area contributed by atoms with E-state index in [9.17, 15) is 9.59 Å². The molecule has 0 aromatic heterocycles. The minimum atomic E-state index is -0.741. The van der Waals surface area contributed by atoms with Crippen molar-refractivity contribution in [1.29, 1.82) is 0 Å². The van der Waals surface area contributed by atoms with Crippen LogP contribution in [-0.4, -0.2) is 41.1 Å². The molecule has 1 heterocycles. The van der Waals surface area contributed by atoms with Gasteiger partial charge in [0, 0.05) is 19.1 Å². The molecule has 0 aromatic rings. The first-order valence-corrected chi connectivity index (χ1v) is 7.82. The molecule has 1 fully saturated rings. The Hall–Kier alpha value is -1.26. The zero-order chi connectivity index (χ0) is 15.0. The lowest BCUT2D eigenvalue weighted by atomic mass is 9.97. The van der Waals surface area contributed by atoms with Gasteiger partial charge >= 0.3 is 12.0 Å². The number of nitrogens with zero attached hydrogens (tertiary/aromatic N) is 1. The Balaban J connectivity index is 2.21. The molecule has 5 heteroatoms. The van der Waals surface area contributed by atoms with E-state index >= 15 is 0 Å². The quantitative estimate of drug-likeness (QED) is 0.706. The Morgan fingerprint density at radius 3 is 2.45 bits per heavy atom. The van der Waals surface area contributed by atoms with Gasteiger partial charge in [-0.25, -0.2) is 4.79 Å². The number of unbranched alkanes of at least 4 members (excludes halogenated alkanes) is 3. The van der Waals surface area contributed by atoms with Crippen LogP contribution in [0.1, 0.15) is 58.8 Å². The molecule has 0 radical (unpaired) electrons. The Morgan fingerprint density at radius 2 is 1.90 bits per heavy atom. The standard InChI is InChI=1S/C15H28N2O3/c1-3-4-5-6-7-12(2)16-15(20)17-10-8-13(9-11-17)14(18)19/h12-13H,3-11H2,1-2H3,(H,16,20)(H,18,19). The predicted octanol–water partition coefficient (Wildman–Crippen LogP) is 2.85. The van der Waals surface area contributed by atoms with Gasteiger partial charge in [0.2, 0.25) is 0 Å². The maximum atomic E-state index is 12.0. The van der Waals surface area contributed by atoms with Crippen LogP contribution in [-0.2, 0) is 4.79 Å². The number of rotatable bonds is 7. The molecule has 2 N–H and O–H groups in total. The van der Waals surface area contributed by atoms with Gasteiger partial charge in [0.05, 0.1) is 5.92 Å². The number of piperidine rings is 1. The number of urea groups is 1. The van der Waals surface area contributed by atoms with Crippen molar-refractivity contribution >= 4 is 12.0 Å². The smallest absolute Gasteiger partial charge is 0.317 e. The molecule has 1 unspecified atom stereocenters. The number of nitrogens with one attached hydrogen (secondary N) is 1. The summed E-state index contributed by atoms with van der Waals surface area (Å²) in [6, 6.07) is 0.147. The molecule has 0 bridgehead atoms. The summed E-state index contributed by atoms with van der Waals surface area (Å²) in [4.78, 5) is 24.6. The highest BCUT2D eigenvalue weighted by molar-refractivity contribution is 5.75. The summed E-state index contributed by atoms with van der Waals surface area (Å²) in [5.41, 5.74) is 0. The second kappa shape index (κ2) is 8.82. The molecule has 0 aliphatic carbocycles. The van der Waals surface area contributed by atoms with E-state index in [0.29, 0.717) is 25.9 Å². The van der Waals surface area contributed by atoms with E-state index in [0.717, 1.165) is 12.8 Å². The number of hydrogen-bond acceptors (Lipinski definition) is 2. The number of carboxylic acid groups (broad SMARTS) is 1. The van der Waals surface area contributed by atoms with Gasteiger partial charge in [0.15, 0.2) is 0 Å². The predicted molar refractivity (Wildman–Crippen MR) is 78.7 cm³/mol. The summed E-state index contributed by atoms with van der Waals surface area (Å²) in [7, 11) is 0. The summed E-state index contributed by atoms with van der Waals surface area (Å²) in [5, 5.41) is 11.9. The van der Waals surface area contributed by atoms with Crippen molar-refractivity contribution in [1.82, 2.24) is 10.2 Å². The Morgan fingerprint density at radius 1 is 1.25 bits per heavy atom. The van der Waals surface area contributed by atoms with Crippen molar-refractivity contribution in [2.45, 2.75) is 64.8 Å². The van der Waals surface area contributed by atoms with E-state index in [1.54, 1.807) is 4.90 Å². The van der Waals surface area contributed by atoms with E-state index in [1.807, 2.05) is 6.92 Å². The fraction of sp³-hybridized carbons (Fsp3) is 0.867. The third kappa shape index (κ3) is 5.80. The molecular formula is C15H28N2O3. The van der Waals surface area contributed by atoms with Gasteiger partial charge in [0.25, 0.3) is 0 Å². The number of amides is 2. The van der Waals surface area contributed by atoms with Crippen molar-refractivity contribution in [3.05, 3.63) is 0 Å². The lowest BCUT2D eigenvalue weighted by Gasteiger charge is -2.31. The zero-order valence-electron chi connectivity index (χ0n) is 12.7. The molecule has 1 rings (SSSR count). The van der Waals surface area contributed by atoms with E-state index < -0.39 is 5.97 Å². The number of aliphatic carboxylic acids is 1. The third-order valence-electron chi connectivity index (χ3n) is 3.99. The van der Waals surface area contributed by atoms with Crippen molar-refractivity contribution in [3.63, 3.8) is 0 Å². The Kier molecular flexibility index (Phi) is 7.41. The topological polar surface area (TPSA) is 69.6 Å². The number of likely N-dealkylation sites (tertiary alicyclic amines) is 1. The summed E-state index contributed by atoms with van der Waals surface area (Å²) < 4.78 is 0. The normalized spacial score (nSPS) is 17.8. The monoisotopic (exact) mass is 284 g/mol. The van der Waals surface area contributed by atoms with Gasteiger partial charge < -0.3 is 15.3 Å². The van der Waals surface area contributed by atoms with Crippen LogP contribution >= 0.6 is 0 Å². The first-order chi connectivity index (χ1) is 9.54. The molecule has 0 spiro atoms. The molecule has 1 saturated heterocycles. The van der Waals surface area contributed by atoms with Gasteiger partial charge in [-0.1, -0.05) is 32.6 Å². The van der Waals surface area contributed by atoms with Gasteiger partial charge in [-0.15, -0.1) is 0 Å². The minimum absolute atomic E-state index is 0.0446. The van der Waals surface area contributed by atoms with Gasteiger partial charge in [-0.05, 0) is 26.2 Å². The van der Waals surface area contributed by atoms with Crippen molar-refractivity contribution < 1.29 is 14.7 Å². The summed E-state index contributed by atoms with van der Waals surface area (Å²) in [6.45, 7) is 5.32. The van der Waals surface area contributed by atoms with Crippen molar-refractivity contribution in [2.24, 2.45) is 5.92 Å². The van der Waals surface area contributed by atoms with Crippen LogP contribution in [0.5, 0.6) is 0 Å². The molecule has 0 saturated carbocycles. The molecule has 0 aromatic carbocycles. The molecule has 116 valence electrons. The molecular weight excluding hydrogens is 256 g/mol. The number of carboxylic acids is 1. The SMILES string of the molecule is CCCCCCC(C)NC(=O)N1CCC(C(=O)O)CC1. The summed E-state index contributed by atoms with van der Waals surface area (Å²) in [5.74, 6) is -1.03. The number of hydrogen-bond donors (Lipinski definition) is 2. The second-order valence-electron chi connectivity index (χ2n) is 5.80. The highest BCUT2D eigenvalue weighted by Gasteiger charge is 2.27. The van der Waals surface area contributed by atoms with Crippen LogP contribution in [0.15, 0.2) is 0 Å². The first kappa shape index (κ1) is 16.8. The first-order valence-electron chi connectivity index (χ1n) is 7.82. The largest absolute Gasteiger partial charge is 0.481 e. The van der Waals surface area contributed by atoms with E-state index in [4.69, 9.17) is 5.11 Å². The molecule has 1 aliphatic heterocycles. The summed E-state index contributed by atoms with van der Waals surface area (Å²) >= 11 is 0. The van der Waals surface area contributed by atoms with E-state index in [-0.39, 0.29) is 18.0 Å². The fourth-order valence-electron chi connectivity index (χ4n) is 2.58. The molecule has 2 amide bonds. The van der Waals surface area contributed by atoms with Crippen LogP contribution in [0.4, 0.5) is 4.79 Å². The second-order valence-corrected chi connectivity index (χ2v) is 5.80.